The van der Waals surface area contributed by atoms with Crippen molar-refractivity contribution in [2.45, 2.75) is 50.5 Å². The van der Waals surface area contributed by atoms with Crippen molar-refractivity contribution in [1.82, 2.24) is 0 Å². The summed E-state index contributed by atoms with van der Waals surface area (Å²) in [5.74, 6) is 0.574. The van der Waals surface area contributed by atoms with Crippen LogP contribution >= 0.6 is 19.8 Å². The van der Waals surface area contributed by atoms with Crippen LogP contribution in [0.2, 0.25) is 0 Å². The molecule has 3 heteroatoms. The topological polar surface area (TPSA) is 43.1 Å². The van der Waals surface area contributed by atoms with Crippen LogP contribution in [0.4, 0.5) is 0 Å². The molecule has 2 unspecified atom stereocenters. The Balaban J connectivity index is 2.14. The molecule has 112 valence electrons. The third-order valence-electron chi connectivity index (χ3n) is 4.48. The number of carbonyl (C=O) groups is 1. The van der Waals surface area contributed by atoms with E-state index in [2.05, 4.69) is 41.1 Å². The Bertz CT molecular complexity index is 486. The van der Waals surface area contributed by atoms with Gasteiger partial charge in [-0.15, -0.1) is 0 Å². The second-order valence-electron chi connectivity index (χ2n) is 6.17. The molecule has 0 amide bonds. The van der Waals surface area contributed by atoms with Gasteiger partial charge in [0.05, 0.1) is 0 Å². The average molecular weight is 387 g/mol. The first-order valence-corrected chi connectivity index (χ1v) is 12.7. The minimum absolute atomic E-state index is 0.395. The van der Waals surface area contributed by atoms with Crippen LogP contribution in [0, 0.1) is 6.92 Å². The number of alkyl halides is 2. The number of hydrogen-bond acceptors (Lipinski definition) is 2. The van der Waals surface area contributed by atoms with E-state index in [4.69, 9.17) is 5.73 Å². The minimum atomic E-state index is -1.46. The van der Waals surface area contributed by atoms with Gasteiger partial charge in [0.1, 0.15) is 0 Å². The van der Waals surface area contributed by atoms with E-state index in [-0.39, 0.29) is 0 Å². The number of carbonyl (C=O) groups excluding carboxylic acids is 1. The molecular weight excluding hydrogens is 361 g/mol. The summed E-state index contributed by atoms with van der Waals surface area (Å²) in [4.78, 5) is 16.7. The van der Waals surface area contributed by atoms with Crippen LogP contribution < -0.4 is 5.73 Å². The van der Waals surface area contributed by atoms with E-state index < -0.39 is 25.4 Å². The molecule has 20 heavy (non-hydrogen) atoms. The molecule has 1 aromatic rings. The number of nitrogens with two attached hydrogens (primary N) is 1. The van der Waals surface area contributed by atoms with Crippen molar-refractivity contribution in [1.29, 1.82) is 0 Å². The summed E-state index contributed by atoms with van der Waals surface area (Å²) in [7, 11) is 0. The Morgan fingerprint density at radius 3 is 2.60 bits per heavy atom. The fourth-order valence-corrected chi connectivity index (χ4v) is 5.98. The predicted octanol–water partition coefficient (Wildman–Crippen LogP) is 4.03. The van der Waals surface area contributed by atoms with Gasteiger partial charge in [0.2, 0.25) is 0 Å². The van der Waals surface area contributed by atoms with E-state index in [0.29, 0.717) is 9.71 Å². The van der Waals surface area contributed by atoms with E-state index in [1.54, 1.807) is 0 Å². The molecule has 0 heterocycles. The number of benzene rings is 1. The van der Waals surface area contributed by atoms with Crippen molar-refractivity contribution in [3.05, 3.63) is 35.4 Å². The third kappa shape index (κ3) is 3.42. The fourth-order valence-electron chi connectivity index (χ4n) is 3.29. The second kappa shape index (κ2) is 6.56. The van der Waals surface area contributed by atoms with Gasteiger partial charge in [-0.3, -0.25) is 0 Å². The van der Waals surface area contributed by atoms with Gasteiger partial charge < -0.3 is 0 Å². The molecule has 0 saturated heterocycles. The second-order valence-corrected chi connectivity index (χ2v) is 11.5. The summed E-state index contributed by atoms with van der Waals surface area (Å²) in [6.07, 6.45) is 5.03. The van der Waals surface area contributed by atoms with E-state index in [9.17, 15) is 4.79 Å². The molecule has 1 saturated carbocycles. The number of aryl methyl sites for hydroxylation is 1. The molecule has 2 rings (SSSR count). The summed E-state index contributed by atoms with van der Waals surface area (Å²) < 4.78 is 0.395. The predicted molar refractivity (Wildman–Crippen MR) is 94.8 cm³/mol. The summed E-state index contributed by atoms with van der Waals surface area (Å²) in [6.45, 7) is 2.18. The van der Waals surface area contributed by atoms with Crippen molar-refractivity contribution in [3.8, 4) is 0 Å². The van der Waals surface area contributed by atoms with Crippen molar-refractivity contribution >= 4 is 23.6 Å². The Kier molecular flexibility index (Phi) is 5.24. The maximum atomic E-state index is 12.4. The van der Waals surface area contributed by atoms with Gasteiger partial charge in [-0.05, 0) is 0 Å². The molecule has 2 nitrogen and oxygen atoms in total. The molecule has 2 atom stereocenters. The Morgan fingerprint density at radius 2 is 1.95 bits per heavy atom. The summed E-state index contributed by atoms with van der Waals surface area (Å²) >= 11 is -1.46. The van der Waals surface area contributed by atoms with Crippen molar-refractivity contribution in [2.75, 3.05) is 9.86 Å². The zero-order valence-electron chi connectivity index (χ0n) is 12.8. The molecular formula is C17H26INO. The molecule has 0 aliphatic heterocycles. The number of rotatable bonds is 3. The molecule has 0 bridgehead atoms. The van der Waals surface area contributed by atoms with Crippen molar-refractivity contribution in [2.24, 2.45) is 5.73 Å². The zero-order valence-corrected chi connectivity index (χ0v) is 14.9. The first kappa shape index (κ1) is 16.0. The van der Waals surface area contributed by atoms with E-state index in [1.807, 2.05) is 0 Å². The molecule has 0 radical (unpaired) electrons. The van der Waals surface area contributed by atoms with Gasteiger partial charge in [0.25, 0.3) is 0 Å². The van der Waals surface area contributed by atoms with Crippen LogP contribution in [0.5, 0.6) is 0 Å². The van der Waals surface area contributed by atoms with Crippen LogP contribution in [0.1, 0.15) is 49.1 Å². The molecule has 0 aromatic heterocycles. The summed E-state index contributed by atoms with van der Waals surface area (Å²) in [5, 5.41) is 0. The third-order valence-corrected chi connectivity index (χ3v) is 7.51. The number of halogens is 1. The standard InChI is InChI=1S/C17H26INO/c1-13-7-4-5-9-15(13)14-8-6-11-17(19,12-10-14)16(20)18(2)3/h4-5,7,9,14H,6,8,10-12,19H2,1-3H3. The van der Waals surface area contributed by atoms with Gasteiger partial charge in [0.15, 0.2) is 0 Å². The Hall–Kier alpha value is -0.420. The summed E-state index contributed by atoms with van der Waals surface area (Å²) in [5.41, 5.74) is 8.77. The van der Waals surface area contributed by atoms with Crippen LogP contribution in [0.3, 0.4) is 0 Å². The Morgan fingerprint density at radius 1 is 1.25 bits per heavy atom. The first-order chi connectivity index (χ1) is 9.44. The van der Waals surface area contributed by atoms with Gasteiger partial charge in [0, 0.05) is 0 Å². The number of hydrogen-bond donors (Lipinski definition) is 1. The van der Waals surface area contributed by atoms with Crippen LogP contribution in [0.25, 0.3) is 0 Å². The monoisotopic (exact) mass is 387 g/mol. The van der Waals surface area contributed by atoms with E-state index >= 15 is 0 Å². The normalized spacial score (nSPS) is 27.8. The molecule has 1 aliphatic carbocycles. The average Bonchev–Trinajstić information content (AvgIpc) is 2.61. The zero-order chi connectivity index (χ0) is 14.8. The van der Waals surface area contributed by atoms with E-state index in [1.165, 1.54) is 17.5 Å². The SMILES string of the molecule is Cc1ccccc1C1CCCC(N)(C(=O)I(C)C)CC1. The van der Waals surface area contributed by atoms with Crippen molar-refractivity contribution in [3.63, 3.8) is 0 Å². The molecule has 1 aliphatic rings. The van der Waals surface area contributed by atoms with E-state index in [0.717, 1.165) is 25.7 Å². The van der Waals surface area contributed by atoms with Crippen LogP contribution in [0.15, 0.2) is 24.3 Å². The maximum absolute atomic E-state index is 12.4. The van der Waals surface area contributed by atoms with Gasteiger partial charge in [-0.2, -0.15) is 0 Å². The molecule has 1 aromatic carbocycles. The van der Waals surface area contributed by atoms with Crippen molar-refractivity contribution < 1.29 is 4.79 Å². The van der Waals surface area contributed by atoms with Gasteiger partial charge in [-0.25, -0.2) is 0 Å². The molecule has 0 spiro atoms. The van der Waals surface area contributed by atoms with Crippen LogP contribution in [-0.2, 0) is 4.79 Å². The van der Waals surface area contributed by atoms with Gasteiger partial charge in [-0.1, -0.05) is 0 Å². The quantitative estimate of drug-likeness (QED) is 0.368. The first-order valence-electron chi connectivity index (χ1n) is 7.33. The molecule has 1 fully saturated rings. The molecule has 2 N–H and O–H groups in total. The van der Waals surface area contributed by atoms with Crippen LogP contribution in [-0.4, -0.2) is 19.2 Å². The van der Waals surface area contributed by atoms with Gasteiger partial charge >= 0.3 is 130 Å². The Labute approximate surface area is 129 Å². The summed E-state index contributed by atoms with van der Waals surface area (Å²) in [6, 6.07) is 8.64. The fraction of sp³-hybridized carbons (Fsp3) is 0.588.